The maximum absolute atomic E-state index is 12.2. The van der Waals surface area contributed by atoms with Gasteiger partial charge in [0.05, 0.1) is 5.69 Å². The highest BCUT2D eigenvalue weighted by molar-refractivity contribution is 6.39. The predicted octanol–water partition coefficient (Wildman–Crippen LogP) is 2.43. The monoisotopic (exact) mass is 290 g/mol. The number of phenolic OH excluding ortho intramolecular Hbond substituents is 1. The second kappa shape index (κ2) is 6.61. The standard InChI is InChI=1S/C16H22N2O3/c1-11-8-9-14(19)13(10-11)17-15(20)16(21)18(2)12-6-4-3-5-7-12/h8-10,12,19H,3-7H2,1-2H3,(H,17,20). The Bertz CT molecular complexity index is 536. The fraction of sp³-hybridized carbons (Fsp3) is 0.500. The van der Waals surface area contributed by atoms with Crippen molar-refractivity contribution < 1.29 is 14.7 Å². The lowest BCUT2D eigenvalue weighted by Crippen LogP contribution is -2.44. The second-order valence-corrected chi connectivity index (χ2v) is 5.68. The second-order valence-electron chi connectivity index (χ2n) is 5.68. The third kappa shape index (κ3) is 3.74. The zero-order valence-electron chi connectivity index (χ0n) is 12.6. The number of aromatic hydroxyl groups is 1. The molecule has 1 aromatic carbocycles. The molecule has 0 heterocycles. The first-order chi connectivity index (χ1) is 9.99. The normalized spacial score (nSPS) is 15.5. The van der Waals surface area contributed by atoms with Crippen LogP contribution in [0.3, 0.4) is 0 Å². The molecule has 0 radical (unpaired) electrons. The number of aryl methyl sites for hydroxylation is 1. The first-order valence-corrected chi connectivity index (χ1v) is 7.37. The maximum Gasteiger partial charge on any atom is 0.314 e. The number of carbonyl (C=O) groups excluding carboxylic acids is 2. The smallest absolute Gasteiger partial charge is 0.314 e. The van der Waals surface area contributed by atoms with E-state index in [4.69, 9.17) is 0 Å². The molecule has 2 rings (SSSR count). The Hall–Kier alpha value is -2.04. The van der Waals surface area contributed by atoms with Gasteiger partial charge in [0.25, 0.3) is 0 Å². The van der Waals surface area contributed by atoms with Crippen LogP contribution in [0.4, 0.5) is 5.69 Å². The van der Waals surface area contributed by atoms with Gasteiger partial charge in [-0.3, -0.25) is 9.59 Å². The molecule has 5 heteroatoms. The van der Waals surface area contributed by atoms with E-state index in [0.717, 1.165) is 31.2 Å². The molecule has 0 bridgehead atoms. The molecular weight excluding hydrogens is 268 g/mol. The van der Waals surface area contributed by atoms with Crippen LogP contribution in [0, 0.1) is 6.92 Å². The zero-order valence-corrected chi connectivity index (χ0v) is 12.6. The highest BCUT2D eigenvalue weighted by Crippen LogP contribution is 2.25. The van der Waals surface area contributed by atoms with Crippen molar-refractivity contribution in [3.05, 3.63) is 23.8 Å². The van der Waals surface area contributed by atoms with Gasteiger partial charge in [0, 0.05) is 13.1 Å². The van der Waals surface area contributed by atoms with Crippen LogP contribution in [-0.2, 0) is 9.59 Å². The van der Waals surface area contributed by atoms with Crippen molar-refractivity contribution in [3.63, 3.8) is 0 Å². The molecule has 114 valence electrons. The van der Waals surface area contributed by atoms with Crippen LogP contribution in [0.5, 0.6) is 5.75 Å². The average Bonchev–Trinajstić information content (AvgIpc) is 2.50. The van der Waals surface area contributed by atoms with E-state index in [0.29, 0.717) is 0 Å². The average molecular weight is 290 g/mol. The van der Waals surface area contributed by atoms with Gasteiger partial charge in [-0.2, -0.15) is 0 Å². The van der Waals surface area contributed by atoms with Crippen molar-refractivity contribution in [2.24, 2.45) is 0 Å². The SMILES string of the molecule is Cc1ccc(O)c(NC(=O)C(=O)N(C)C2CCCCC2)c1. The predicted molar refractivity (Wildman–Crippen MR) is 81.1 cm³/mol. The minimum absolute atomic E-state index is 0.0398. The van der Waals surface area contributed by atoms with Crippen LogP contribution in [0.2, 0.25) is 0 Å². The Morgan fingerprint density at radius 2 is 1.90 bits per heavy atom. The summed E-state index contributed by atoms with van der Waals surface area (Å²) in [5, 5.41) is 12.2. The molecule has 1 saturated carbocycles. The largest absolute Gasteiger partial charge is 0.506 e. The number of rotatable bonds is 2. The molecule has 0 saturated heterocycles. The van der Waals surface area contributed by atoms with Crippen LogP contribution >= 0.6 is 0 Å². The molecule has 0 aromatic heterocycles. The van der Waals surface area contributed by atoms with Gasteiger partial charge < -0.3 is 15.3 Å². The lowest BCUT2D eigenvalue weighted by atomic mass is 9.94. The molecule has 1 fully saturated rings. The summed E-state index contributed by atoms with van der Waals surface area (Å²) >= 11 is 0. The molecule has 0 spiro atoms. The molecule has 0 aliphatic heterocycles. The molecule has 2 amide bonds. The number of nitrogens with zero attached hydrogens (tertiary/aromatic N) is 1. The number of nitrogens with one attached hydrogen (secondary N) is 1. The quantitative estimate of drug-likeness (QED) is 0.649. The summed E-state index contributed by atoms with van der Waals surface area (Å²) in [6.45, 7) is 1.85. The maximum atomic E-state index is 12.2. The van der Waals surface area contributed by atoms with Crippen LogP contribution in [-0.4, -0.2) is 34.9 Å². The summed E-state index contributed by atoms with van der Waals surface area (Å²) in [5.74, 6) is -1.30. The van der Waals surface area contributed by atoms with E-state index in [2.05, 4.69) is 5.32 Å². The summed E-state index contributed by atoms with van der Waals surface area (Å²) < 4.78 is 0. The molecular formula is C16H22N2O3. The van der Waals surface area contributed by atoms with Crippen molar-refractivity contribution in [2.45, 2.75) is 45.1 Å². The number of phenols is 1. The fourth-order valence-corrected chi connectivity index (χ4v) is 2.72. The fourth-order valence-electron chi connectivity index (χ4n) is 2.72. The minimum atomic E-state index is -0.705. The molecule has 21 heavy (non-hydrogen) atoms. The number of anilines is 1. The van der Waals surface area contributed by atoms with Crippen LogP contribution in [0.25, 0.3) is 0 Å². The summed E-state index contributed by atoms with van der Waals surface area (Å²) in [7, 11) is 1.67. The van der Waals surface area contributed by atoms with Crippen LogP contribution in [0.15, 0.2) is 18.2 Å². The van der Waals surface area contributed by atoms with E-state index in [-0.39, 0.29) is 17.5 Å². The number of hydrogen-bond acceptors (Lipinski definition) is 3. The summed E-state index contributed by atoms with van der Waals surface area (Å²) in [5.41, 5.74) is 1.17. The Morgan fingerprint density at radius 1 is 1.24 bits per heavy atom. The molecule has 5 nitrogen and oxygen atoms in total. The molecule has 1 aliphatic rings. The summed E-state index contributed by atoms with van der Waals surface area (Å²) in [6, 6.07) is 5.02. The number of carbonyl (C=O) groups is 2. The van der Waals surface area contributed by atoms with E-state index in [1.807, 2.05) is 6.92 Å². The summed E-state index contributed by atoms with van der Waals surface area (Å²) in [4.78, 5) is 25.8. The number of amides is 2. The molecule has 2 N–H and O–H groups in total. The Morgan fingerprint density at radius 3 is 2.57 bits per heavy atom. The Kier molecular flexibility index (Phi) is 4.83. The third-order valence-corrected chi connectivity index (χ3v) is 4.04. The van der Waals surface area contributed by atoms with E-state index < -0.39 is 11.8 Å². The molecule has 0 atom stereocenters. The van der Waals surface area contributed by atoms with Gasteiger partial charge in [-0.1, -0.05) is 25.3 Å². The van der Waals surface area contributed by atoms with Gasteiger partial charge in [-0.05, 0) is 37.5 Å². The van der Waals surface area contributed by atoms with Crippen molar-refractivity contribution in [3.8, 4) is 5.75 Å². The van der Waals surface area contributed by atoms with E-state index in [1.54, 1.807) is 19.2 Å². The van der Waals surface area contributed by atoms with Gasteiger partial charge in [0.15, 0.2) is 0 Å². The highest BCUT2D eigenvalue weighted by Gasteiger charge is 2.27. The van der Waals surface area contributed by atoms with Gasteiger partial charge in [0.2, 0.25) is 0 Å². The van der Waals surface area contributed by atoms with Gasteiger partial charge in [0.1, 0.15) is 5.75 Å². The van der Waals surface area contributed by atoms with Crippen molar-refractivity contribution in [1.29, 1.82) is 0 Å². The highest BCUT2D eigenvalue weighted by atomic mass is 16.3. The van der Waals surface area contributed by atoms with Gasteiger partial charge in [-0.15, -0.1) is 0 Å². The zero-order chi connectivity index (χ0) is 15.4. The first kappa shape index (κ1) is 15.4. The van der Waals surface area contributed by atoms with E-state index in [1.165, 1.54) is 17.4 Å². The number of hydrogen-bond donors (Lipinski definition) is 2. The Labute approximate surface area is 125 Å². The molecule has 1 aromatic rings. The van der Waals surface area contributed by atoms with E-state index >= 15 is 0 Å². The number of likely N-dealkylation sites (N-methyl/N-ethyl adjacent to an activating group) is 1. The van der Waals surface area contributed by atoms with Crippen molar-refractivity contribution in [1.82, 2.24) is 4.90 Å². The van der Waals surface area contributed by atoms with E-state index in [9.17, 15) is 14.7 Å². The lowest BCUT2D eigenvalue weighted by molar-refractivity contribution is -0.144. The van der Waals surface area contributed by atoms with Crippen LogP contribution < -0.4 is 5.32 Å². The van der Waals surface area contributed by atoms with Crippen LogP contribution in [0.1, 0.15) is 37.7 Å². The third-order valence-electron chi connectivity index (χ3n) is 4.04. The van der Waals surface area contributed by atoms with Crippen molar-refractivity contribution in [2.75, 3.05) is 12.4 Å². The summed E-state index contributed by atoms with van der Waals surface area (Å²) in [6.07, 6.45) is 5.30. The Balaban J connectivity index is 2.01. The van der Waals surface area contributed by atoms with Gasteiger partial charge >= 0.3 is 11.8 Å². The topological polar surface area (TPSA) is 69.6 Å². The first-order valence-electron chi connectivity index (χ1n) is 7.37. The number of benzene rings is 1. The van der Waals surface area contributed by atoms with Gasteiger partial charge in [-0.25, -0.2) is 0 Å². The van der Waals surface area contributed by atoms with Crippen molar-refractivity contribution >= 4 is 17.5 Å². The molecule has 0 unspecified atom stereocenters. The minimum Gasteiger partial charge on any atom is -0.506 e. The lowest BCUT2D eigenvalue weighted by Gasteiger charge is -2.30. The molecule has 1 aliphatic carbocycles.